The first-order chi connectivity index (χ1) is 56.3. The van der Waals surface area contributed by atoms with Gasteiger partial charge in [0.25, 0.3) is 40.1 Å². The van der Waals surface area contributed by atoms with Crippen molar-refractivity contribution < 1.29 is 52.6 Å². The van der Waals surface area contributed by atoms with Gasteiger partial charge in [-0.1, -0.05) is 222 Å². The van der Waals surface area contributed by atoms with Gasteiger partial charge in [0, 0.05) is 115 Å². The zero-order valence-corrected chi connectivity index (χ0v) is 67.8. The molecule has 1 aliphatic carbocycles. The number of hydrogen-bond donors (Lipinski definition) is 4. The third-order valence-electron chi connectivity index (χ3n) is 18.5. The van der Waals surface area contributed by atoms with Crippen LogP contribution in [0.25, 0.3) is 0 Å². The van der Waals surface area contributed by atoms with Gasteiger partial charge in [-0.2, -0.15) is 33.7 Å². The summed E-state index contributed by atoms with van der Waals surface area (Å²) in [6.45, 7) is 8.95. The molecular formula is C92H88N8O12S4. The fraction of sp³-hybridized carbons (Fsp3) is 0.174. The van der Waals surface area contributed by atoms with Crippen LogP contribution in [0, 0.1) is 0 Å². The highest BCUT2D eigenvalue weighted by Gasteiger charge is 2.29. The van der Waals surface area contributed by atoms with Gasteiger partial charge in [0.05, 0.1) is 46.0 Å². The van der Waals surface area contributed by atoms with Crippen molar-refractivity contribution in [2.45, 2.75) is 98.6 Å². The first-order valence-corrected chi connectivity index (χ1v) is 44.1. The van der Waals surface area contributed by atoms with E-state index in [-0.39, 0.29) is 95.0 Å². The van der Waals surface area contributed by atoms with E-state index in [0.717, 1.165) is 0 Å². The van der Waals surface area contributed by atoms with Gasteiger partial charge >= 0.3 is 0 Å². The van der Waals surface area contributed by atoms with Gasteiger partial charge in [0.1, 0.15) is 23.0 Å². The number of nitrogens with zero attached hydrogens (tertiary/aromatic N) is 4. The largest absolute Gasteiger partial charge is 0.493 e. The molecule has 13 rings (SSSR count). The smallest absolute Gasteiger partial charge is 0.284 e. The van der Waals surface area contributed by atoms with Crippen LogP contribution in [0.5, 0.6) is 23.0 Å². The van der Waals surface area contributed by atoms with Gasteiger partial charge in [0.15, 0.2) is 23.3 Å². The summed E-state index contributed by atoms with van der Waals surface area (Å²) < 4.78 is 164. The van der Waals surface area contributed by atoms with Crippen LogP contribution in [0.4, 0.5) is 22.7 Å². The number of amidine groups is 4. The second-order valence-corrected chi connectivity index (χ2v) is 33.9. The van der Waals surface area contributed by atoms with Crippen LogP contribution < -0.4 is 40.2 Å². The third-order valence-corrected chi connectivity index (χ3v) is 23.7. The van der Waals surface area contributed by atoms with Gasteiger partial charge in [-0.3, -0.25) is 0 Å². The Kier molecular flexibility index (Phi) is 26.5. The molecule has 0 aliphatic heterocycles. The van der Waals surface area contributed by atoms with E-state index in [4.69, 9.17) is 18.9 Å². The van der Waals surface area contributed by atoms with E-state index in [9.17, 15) is 33.7 Å². The molecule has 116 heavy (non-hydrogen) atoms. The molecule has 0 heterocycles. The minimum absolute atomic E-state index is 0.00377. The van der Waals surface area contributed by atoms with Crippen LogP contribution in [-0.4, -0.2) is 83.4 Å². The molecule has 0 radical (unpaired) electrons. The lowest BCUT2D eigenvalue weighted by molar-refractivity contribution is 0.304. The van der Waals surface area contributed by atoms with Gasteiger partial charge in [-0.05, 0) is 123 Å². The second kappa shape index (κ2) is 37.7. The predicted molar refractivity (Wildman–Crippen MR) is 461 cm³/mol. The fourth-order valence-corrected chi connectivity index (χ4v) is 17.3. The molecule has 0 unspecified atom stereocenters. The molecule has 12 aromatic carbocycles. The van der Waals surface area contributed by atoms with Crippen LogP contribution in [0.3, 0.4) is 0 Å². The minimum atomic E-state index is -4.38. The van der Waals surface area contributed by atoms with E-state index < -0.39 is 40.1 Å². The summed E-state index contributed by atoms with van der Waals surface area (Å²) in [7, 11) is -17.5. The SMILES string of the molecule is CCCOc1c2cc(N/C(=N/S(=O)(=O)c3ccccc3)c3ccccc3)cc1Cc1cc(N/C(=N/S(=O)(=O)c3ccccc3)c3ccccc3)cc(c1OCCC)Cc1cc(N/C(=N/S(=O)(=O)c3ccccc3)c3ccccc3)cc(c1OCCC)Cc1cc(N/C(=N/S(=O)(=O)c3ccccc3)c3ccccc3)cc(c1OCCC)C2. The molecule has 0 aromatic heterocycles. The average Bonchev–Trinajstić information content (AvgIpc) is 0.767. The average molecular weight is 1630 g/mol. The highest BCUT2D eigenvalue weighted by molar-refractivity contribution is 7.91. The van der Waals surface area contributed by atoms with Crippen molar-refractivity contribution in [2.75, 3.05) is 47.7 Å². The first-order valence-electron chi connectivity index (χ1n) is 38.3. The van der Waals surface area contributed by atoms with E-state index >= 15 is 0 Å². The number of sulfonamides is 4. The van der Waals surface area contributed by atoms with E-state index in [0.29, 0.717) is 138 Å². The number of hydrogen-bond acceptors (Lipinski definition) is 12. The third kappa shape index (κ3) is 20.5. The van der Waals surface area contributed by atoms with Crippen molar-refractivity contribution in [3.05, 3.63) is 358 Å². The van der Waals surface area contributed by atoms with Gasteiger partial charge in [-0.25, -0.2) is 0 Å². The molecule has 0 amide bonds. The highest BCUT2D eigenvalue weighted by atomic mass is 32.2. The Labute approximate surface area is 679 Å². The van der Waals surface area contributed by atoms with Crippen molar-refractivity contribution in [3.63, 3.8) is 0 Å². The number of rotatable bonds is 28. The van der Waals surface area contributed by atoms with Gasteiger partial charge in [0.2, 0.25) is 0 Å². The Bertz CT molecular complexity index is 5220. The molecule has 592 valence electrons. The summed E-state index contributed by atoms with van der Waals surface area (Å²) in [4.78, 5) is -0.111. The van der Waals surface area contributed by atoms with Crippen molar-refractivity contribution in [3.8, 4) is 23.0 Å². The Morgan fingerprint density at radius 1 is 0.250 bits per heavy atom. The lowest BCUT2D eigenvalue weighted by atomic mass is 9.90. The summed E-state index contributed by atoms with van der Waals surface area (Å²) in [5.74, 6) is 1.87. The summed E-state index contributed by atoms with van der Waals surface area (Å²) in [5.41, 5.74) is 8.12. The van der Waals surface area contributed by atoms with Crippen LogP contribution in [-0.2, 0) is 65.8 Å². The van der Waals surface area contributed by atoms with E-state index in [1.807, 2.05) is 100 Å². The quantitative estimate of drug-likeness (QED) is 0.0262. The van der Waals surface area contributed by atoms with Crippen molar-refractivity contribution in [1.29, 1.82) is 0 Å². The Morgan fingerprint density at radius 2 is 0.405 bits per heavy atom. The first kappa shape index (κ1) is 81.5. The summed E-state index contributed by atoms with van der Waals surface area (Å²) in [6, 6.07) is 82.8. The molecule has 0 atom stereocenters. The van der Waals surface area contributed by atoms with Crippen LogP contribution >= 0.6 is 0 Å². The lowest BCUT2D eigenvalue weighted by Gasteiger charge is -2.25. The minimum Gasteiger partial charge on any atom is -0.493 e. The number of ether oxygens (including phenoxy) is 4. The van der Waals surface area contributed by atoms with Gasteiger partial charge in [-0.15, -0.1) is 17.6 Å². The number of benzene rings is 12. The molecule has 4 N–H and O–H groups in total. The lowest BCUT2D eigenvalue weighted by Crippen LogP contribution is -2.18. The number of nitrogens with one attached hydrogen (secondary N) is 4. The molecule has 0 saturated carbocycles. The molecule has 12 aromatic rings. The highest BCUT2D eigenvalue weighted by Crippen LogP contribution is 2.44. The van der Waals surface area contributed by atoms with E-state index in [1.165, 1.54) is 48.5 Å². The topological polar surface area (TPSA) is 271 Å². The van der Waals surface area contributed by atoms with Crippen LogP contribution in [0.2, 0.25) is 0 Å². The van der Waals surface area contributed by atoms with Crippen LogP contribution in [0.15, 0.2) is 328 Å². The second-order valence-electron chi connectivity index (χ2n) is 27.5. The van der Waals surface area contributed by atoms with Gasteiger partial charge < -0.3 is 40.2 Å². The van der Waals surface area contributed by atoms with Crippen molar-refractivity contribution >= 4 is 86.2 Å². The van der Waals surface area contributed by atoms with Crippen molar-refractivity contribution in [2.24, 2.45) is 17.6 Å². The molecule has 24 heteroatoms. The normalized spacial score (nSPS) is 12.9. The zero-order valence-electron chi connectivity index (χ0n) is 64.5. The maximum absolute atomic E-state index is 14.6. The zero-order chi connectivity index (χ0) is 81.1. The molecular weight excluding hydrogens is 1540 g/mol. The van der Waals surface area contributed by atoms with Crippen molar-refractivity contribution in [1.82, 2.24) is 0 Å². The fourth-order valence-electron chi connectivity index (χ4n) is 13.3. The molecule has 1 aliphatic rings. The predicted octanol–water partition coefficient (Wildman–Crippen LogP) is 18.5. The molecule has 8 bridgehead atoms. The van der Waals surface area contributed by atoms with E-state index in [2.05, 4.69) is 38.9 Å². The molecule has 0 saturated heterocycles. The monoisotopic (exact) mass is 1620 g/mol. The molecule has 0 spiro atoms. The summed E-state index contributed by atoms with van der Waals surface area (Å²) in [5, 5.41) is 14.0. The Hall–Kier alpha value is -12.5. The maximum atomic E-state index is 14.6. The Morgan fingerprint density at radius 3 is 0.560 bits per heavy atom. The maximum Gasteiger partial charge on any atom is 0.284 e. The summed E-state index contributed by atoms with van der Waals surface area (Å²) in [6.07, 6.45) is 2.41. The number of fused-ring (bicyclic) bond motifs is 8. The van der Waals surface area contributed by atoms with Crippen LogP contribution in [0.1, 0.15) is 120 Å². The molecule has 20 nitrogen and oxygen atoms in total. The number of anilines is 4. The summed E-state index contributed by atoms with van der Waals surface area (Å²) >= 11 is 0. The standard InChI is InChI=1S/C92H88N8O12S4/c1-5-49-109-85-69-53-71-59-78(94-90(66-35-19-10-20-36-66)98-114(103,104)82-43-27-14-28-44-82)61-73(86(71)110-50-6-2)55-75-63-80(96-92(68-39-23-12-24-40-68)100-116(107,108)84-47-31-16-32-48-84)64-76(88(75)112-52-8-4)56-74-62-79(95-91(67-37-21-11-22-38-67)99-115(105,106)83-45-29-15-30-46-83)60-72(87(74)111-51-7-3)54-70(85)58-77(57-69)93-89(65-33-17-9-18-34-65)97-113(101,102)81-41-25-13-26-42-81/h9-48,57-64H,5-8,49-56H2,1-4H3,(H,93,97)(H,94,98)(H,95,99)(H,96,100). The Balaban J connectivity index is 1.13. The molecule has 0 fully saturated rings. The van der Waals surface area contributed by atoms with E-state index in [1.54, 1.807) is 170 Å².